The Morgan fingerprint density at radius 3 is 2.84 bits per heavy atom. The van der Waals surface area contributed by atoms with Crippen LogP contribution in [0.4, 0.5) is 11.4 Å². The zero-order chi connectivity index (χ0) is 13.7. The average Bonchev–Trinajstić information content (AvgIpc) is 2.88. The van der Waals surface area contributed by atoms with E-state index in [2.05, 4.69) is 36.3 Å². The number of nitrogens with zero attached hydrogens (tertiary/aromatic N) is 1. The summed E-state index contributed by atoms with van der Waals surface area (Å²) in [4.78, 5) is 4.35. The summed E-state index contributed by atoms with van der Waals surface area (Å²) in [5.41, 5.74) is 10.8. The third-order valence-electron chi connectivity index (χ3n) is 3.44. The van der Waals surface area contributed by atoms with E-state index in [1.807, 2.05) is 5.51 Å². The molecule has 1 aromatic heterocycles. The third-order valence-corrected chi connectivity index (χ3v) is 4.24. The Morgan fingerprint density at radius 1 is 1.26 bits per heavy atom. The fourth-order valence-corrected chi connectivity index (χ4v) is 3.08. The number of thiazole rings is 1. The molecule has 0 aliphatic carbocycles. The number of fused-ring (bicyclic) bond motifs is 1. The maximum Gasteiger partial charge on any atom is 0.106 e. The number of rotatable bonds is 7. The first-order valence-corrected chi connectivity index (χ1v) is 8.02. The molecule has 1 unspecified atom stereocenters. The minimum atomic E-state index is 0.517. The van der Waals surface area contributed by atoms with E-state index in [9.17, 15) is 0 Å². The van der Waals surface area contributed by atoms with E-state index in [0.29, 0.717) is 6.04 Å². The molecule has 4 heteroatoms. The minimum absolute atomic E-state index is 0.517. The van der Waals surface area contributed by atoms with Crippen LogP contribution in [0.15, 0.2) is 17.6 Å². The van der Waals surface area contributed by atoms with E-state index in [4.69, 9.17) is 5.73 Å². The molecular weight excluding hydrogens is 254 g/mol. The summed E-state index contributed by atoms with van der Waals surface area (Å²) in [6.07, 6.45) is 6.09. The zero-order valence-corrected chi connectivity index (χ0v) is 12.6. The van der Waals surface area contributed by atoms with Gasteiger partial charge in [0.2, 0.25) is 0 Å². The Hall–Kier alpha value is -1.29. The van der Waals surface area contributed by atoms with Crippen LogP contribution in [0.25, 0.3) is 10.2 Å². The number of anilines is 2. The molecule has 0 bridgehead atoms. The Labute approximate surface area is 119 Å². The lowest BCUT2D eigenvalue weighted by atomic mass is 10.0. The molecular formula is C15H23N3S. The van der Waals surface area contributed by atoms with E-state index >= 15 is 0 Å². The number of nitrogen functional groups attached to an aromatic ring is 1. The number of aromatic nitrogens is 1. The second-order valence-corrected chi connectivity index (χ2v) is 5.88. The van der Waals surface area contributed by atoms with Gasteiger partial charge in [-0.2, -0.15) is 0 Å². The maximum absolute atomic E-state index is 6.22. The molecule has 104 valence electrons. The van der Waals surface area contributed by atoms with Crippen molar-refractivity contribution in [2.75, 3.05) is 11.1 Å². The molecule has 19 heavy (non-hydrogen) atoms. The summed E-state index contributed by atoms with van der Waals surface area (Å²) in [6, 6.07) is 4.71. The van der Waals surface area contributed by atoms with Gasteiger partial charge in [-0.3, -0.25) is 0 Å². The molecule has 0 saturated carbocycles. The number of nitrogens with one attached hydrogen (secondary N) is 1. The molecule has 0 saturated heterocycles. The summed E-state index contributed by atoms with van der Waals surface area (Å²) in [5, 5.41) is 3.60. The number of unbranched alkanes of at least 4 members (excludes halogenated alkanes) is 1. The topological polar surface area (TPSA) is 50.9 Å². The first-order valence-electron chi connectivity index (χ1n) is 7.14. The molecule has 1 aromatic carbocycles. The highest BCUT2D eigenvalue weighted by Gasteiger charge is 2.11. The summed E-state index contributed by atoms with van der Waals surface area (Å²) in [6.45, 7) is 4.46. The second-order valence-electron chi connectivity index (χ2n) is 5.00. The van der Waals surface area contributed by atoms with Crippen LogP contribution < -0.4 is 11.1 Å². The van der Waals surface area contributed by atoms with Gasteiger partial charge in [-0.05, 0) is 25.0 Å². The van der Waals surface area contributed by atoms with Crippen LogP contribution in [0, 0.1) is 0 Å². The molecule has 1 atom stereocenters. The SMILES string of the molecule is CCCCC(CCC)Nc1ccc2scnc2c1N. The van der Waals surface area contributed by atoms with Crippen molar-refractivity contribution in [3.05, 3.63) is 17.6 Å². The summed E-state index contributed by atoms with van der Waals surface area (Å²) >= 11 is 1.63. The third kappa shape index (κ3) is 3.38. The smallest absolute Gasteiger partial charge is 0.106 e. The van der Waals surface area contributed by atoms with Crippen LogP contribution in [-0.2, 0) is 0 Å². The lowest BCUT2D eigenvalue weighted by Gasteiger charge is -2.20. The highest BCUT2D eigenvalue weighted by molar-refractivity contribution is 7.16. The molecule has 0 spiro atoms. The number of nitrogens with two attached hydrogens (primary N) is 1. The standard InChI is InChI=1S/C15H23N3S/c1-3-5-7-11(6-4-2)18-12-8-9-13-15(14(12)16)17-10-19-13/h8-11,18H,3-7,16H2,1-2H3. The van der Waals surface area contributed by atoms with Crippen molar-refractivity contribution in [1.29, 1.82) is 0 Å². The van der Waals surface area contributed by atoms with Crippen molar-refractivity contribution in [1.82, 2.24) is 4.98 Å². The molecule has 0 radical (unpaired) electrons. The largest absolute Gasteiger partial charge is 0.395 e. The van der Waals surface area contributed by atoms with Crippen LogP contribution >= 0.6 is 11.3 Å². The van der Waals surface area contributed by atoms with Gasteiger partial charge in [-0.1, -0.05) is 33.1 Å². The van der Waals surface area contributed by atoms with E-state index in [0.717, 1.165) is 21.6 Å². The Kier molecular flexibility index (Phi) is 5.02. The molecule has 0 aliphatic heterocycles. The highest BCUT2D eigenvalue weighted by Crippen LogP contribution is 2.31. The van der Waals surface area contributed by atoms with Gasteiger partial charge in [0.25, 0.3) is 0 Å². The summed E-state index contributed by atoms with van der Waals surface area (Å²) < 4.78 is 1.16. The van der Waals surface area contributed by atoms with Crippen LogP contribution in [0.1, 0.15) is 46.0 Å². The van der Waals surface area contributed by atoms with E-state index in [-0.39, 0.29) is 0 Å². The fourth-order valence-electron chi connectivity index (χ4n) is 2.39. The molecule has 2 aromatic rings. The first-order chi connectivity index (χ1) is 9.26. The van der Waals surface area contributed by atoms with Gasteiger partial charge in [0.05, 0.1) is 21.6 Å². The van der Waals surface area contributed by atoms with E-state index < -0.39 is 0 Å². The maximum atomic E-state index is 6.22. The van der Waals surface area contributed by atoms with Crippen LogP contribution in [0.2, 0.25) is 0 Å². The van der Waals surface area contributed by atoms with E-state index in [1.54, 1.807) is 11.3 Å². The van der Waals surface area contributed by atoms with Gasteiger partial charge in [-0.15, -0.1) is 11.3 Å². The van der Waals surface area contributed by atoms with Gasteiger partial charge in [0.1, 0.15) is 5.52 Å². The van der Waals surface area contributed by atoms with Crippen LogP contribution in [0.5, 0.6) is 0 Å². The van der Waals surface area contributed by atoms with Crippen LogP contribution in [-0.4, -0.2) is 11.0 Å². The molecule has 3 N–H and O–H groups in total. The van der Waals surface area contributed by atoms with Gasteiger partial charge >= 0.3 is 0 Å². The predicted molar refractivity (Wildman–Crippen MR) is 85.9 cm³/mol. The molecule has 2 rings (SSSR count). The van der Waals surface area contributed by atoms with Crippen molar-refractivity contribution in [2.45, 2.75) is 52.0 Å². The second kappa shape index (κ2) is 6.75. The van der Waals surface area contributed by atoms with E-state index in [1.165, 1.54) is 32.1 Å². The Morgan fingerprint density at radius 2 is 2.11 bits per heavy atom. The van der Waals surface area contributed by atoms with Gasteiger partial charge in [-0.25, -0.2) is 4.98 Å². The fraction of sp³-hybridized carbons (Fsp3) is 0.533. The molecule has 3 nitrogen and oxygen atoms in total. The van der Waals surface area contributed by atoms with Gasteiger partial charge in [0.15, 0.2) is 0 Å². The Bertz CT molecular complexity index is 521. The predicted octanol–water partition coefficient (Wildman–Crippen LogP) is 4.65. The molecule has 1 heterocycles. The molecule has 0 fully saturated rings. The zero-order valence-electron chi connectivity index (χ0n) is 11.8. The van der Waals surface area contributed by atoms with Crippen molar-refractivity contribution in [3.63, 3.8) is 0 Å². The highest BCUT2D eigenvalue weighted by atomic mass is 32.1. The normalized spacial score (nSPS) is 12.7. The van der Waals surface area contributed by atoms with Crippen molar-refractivity contribution in [3.8, 4) is 0 Å². The summed E-state index contributed by atoms with van der Waals surface area (Å²) in [7, 11) is 0. The quantitative estimate of drug-likeness (QED) is 0.724. The molecule has 0 aliphatic rings. The van der Waals surface area contributed by atoms with Gasteiger partial charge in [0, 0.05) is 6.04 Å². The number of benzene rings is 1. The van der Waals surface area contributed by atoms with Crippen molar-refractivity contribution >= 4 is 32.9 Å². The molecule has 0 amide bonds. The minimum Gasteiger partial charge on any atom is -0.395 e. The van der Waals surface area contributed by atoms with Crippen LogP contribution in [0.3, 0.4) is 0 Å². The first kappa shape index (κ1) is 14.1. The van der Waals surface area contributed by atoms with Crippen molar-refractivity contribution in [2.24, 2.45) is 0 Å². The monoisotopic (exact) mass is 277 g/mol. The van der Waals surface area contributed by atoms with Crippen molar-refractivity contribution < 1.29 is 0 Å². The number of hydrogen-bond donors (Lipinski definition) is 2. The average molecular weight is 277 g/mol. The lowest BCUT2D eigenvalue weighted by molar-refractivity contribution is 0.565. The van der Waals surface area contributed by atoms with Gasteiger partial charge < -0.3 is 11.1 Å². The lowest BCUT2D eigenvalue weighted by Crippen LogP contribution is -2.20. The summed E-state index contributed by atoms with van der Waals surface area (Å²) in [5.74, 6) is 0. The number of hydrogen-bond acceptors (Lipinski definition) is 4. The Balaban J connectivity index is 2.15.